The molecule has 0 saturated carbocycles. The molecule has 8 nitrogen and oxygen atoms in total. The van der Waals surface area contributed by atoms with Crippen molar-refractivity contribution in [2.75, 3.05) is 5.75 Å². The molecule has 0 unspecified atom stereocenters. The predicted octanol–water partition coefficient (Wildman–Crippen LogP) is 0.750. The lowest BCUT2D eigenvalue weighted by molar-refractivity contribution is 0.483. The van der Waals surface area contributed by atoms with Crippen molar-refractivity contribution in [3.8, 4) is 0 Å². The van der Waals surface area contributed by atoms with E-state index in [1.807, 2.05) is 0 Å². The van der Waals surface area contributed by atoms with Gasteiger partial charge in [0.25, 0.3) is 10.1 Å². The second-order valence-corrected chi connectivity index (χ2v) is 8.74. The lowest BCUT2D eigenvalue weighted by Gasteiger charge is -2.03. The third kappa shape index (κ3) is 4.01. The van der Waals surface area contributed by atoms with E-state index in [1.54, 1.807) is 36.7 Å². The van der Waals surface area contributed by atoms with Gasteiger partial charge in [-0.3, -0.25) is 4.55 Å². The second kappa shape index (κ2) is 7.01. The minimum Gasteiger partial charge on any atom is -0.321 e. The maximum Gasteiger partial charge on any atom is 0.294 e. The van der Waals surface area contributed by atoms with Crippen molar-refractivity contribution in [1.82, 2.24) is 14.9 Å². The number of nitrogens with zero attached hydrogens (tertiary/aromatic N) is 2. The van der Waals surface area contributed by atoms with Gasteiger partial charge >= 0.3 is 0 Å². The van der Waals surface area contributed by atoms with Gasteiger partial charge in [0.05, 0.1) is 22.0 Å². The van der Waals surface area contributed by atoms with Crippen LogP contribution < -0.4 is 5.32 Å². The van der Waals surface area contributed by atoms with Gasteiger partial charge in [-0.15, -0.1) is 0 Å². The van der Waals surface area contributed by atoms with Crippen molar-refractivity contribution in [1.29, 1.82) is 0 Å². The highest BCUT2D eigenvalue weighted by Crippen LogP contribution is 2.19. The van der Waals surface area contributed by atoms with Crippen molar-refractivity contribution in [2.24, 2.45) is 7.05 Å². The first kappa shape index (κ1) is 18.6. The summed E-state index contributed by atoms with van der Waals surface area (Å²) in [7, 11) is -5.43. The van der Waals surface area contributed by atoms with Crippen LogP contribution in [0.4, 0.5) is 0 Å². The molecule has 132 valence electrons. The minimum absolute atomic E-state index is 0.0741. The normalized spacial score (nSPS) is 14.0. The third-order valence-electron chi connectivity index (χ3n) is 3.54. The van der Waals surface area contributed by atoms with Gasteiger partial charge in [0.2, 0.25) is 15.0 Å². The average molecular weight is 373 g/mol. The van der Waals surface area contributed by atoms with E-state index in [0.717, 1.165) is 11.4 Å². The molecule has 24 heavy (non-hydrogen) atoms. The predicted molar refractivity (Wildman–Crippen MR) is 87.7 cm³/mol. The summed E-state index contributed by atoms with van der Waals surface area (Å²) in [6, 6.07) is 7.42. The summed E-state index contributed by atoms with van der Waals surface area (Å²) in [5, 5.41) is 3.33. The van der Waals surface area contributed by atoms with Gasteiger partial charge in [-0.05, 0) is 12.1 Å². The van der Waals surface area contributed by atoms with Crippen LogP contribution in [0.5, 0.6) is 0 Å². The molecule has 0 saturated heterocycles. The molecule has 2 N–H and O–H groups in total. The van der Waals surface area contributed by atoms with Crippen molar-refractivity contribution in [3.05, 3.63) is 41.7 Å². The summed E-state index contributed by atoms with van der Waals surface area (Å²) < 4.78 is 54.2. The zero-order chi connectivity index (χ0) is 18.0. The van der Waals surface area contributed by atoms with Crippen LogP contribution in [-0.4, -0.2) is 36.7 Å². The maximum atomic E-state index is 11.6. The fraction of sp³-hybridized carbons (Fsp3) is 0.357. The lowest BCUT2D eigenvalue weighted by Crippen LogP contribution is -2.14. The molecular weight excluding hydrogens is 354 g/mol. The molecule has 0 atom stereocenters. The van der Waals surface area contributed by atoms with Crippen LogP contribution in [0.3, 0.4) is 0 Å². The smallest absolute Gasteiger partial charge is 0.294 e. The first-order chi connectivity index (χ1) is 11.2. The average Bonchev–Trinajstić information content (AvgIpc) is 3.12. The first-order valence-electron chi connectivity index (χ1n) is 7.17. The molecule has 1 aliphatic rings. The van der Waals surface area contributed by atoms with Gasteiger partial charge in [0.15, 0.2) is 0 Å². The molecule has 1 aromatic carbocycles. The highest BCUT2D eigenvalue weighted by molar-refractivity contribution is 7.91. The topological polar surface area (TPSA) is 118 Å². The second-order valence-electron chi connectivity index (χ2n) is 5.14. The lowest BCUT2D eigenvalue weighted by atomic mass is 10.4. The van der Waals surface area contributed by atoms with E-state index in [2.05, 4.69) is 10.3 Å². The van der Waals surface area contributed by atoms with Crippen LogP contribution in [0.2, 0.25) is 0 Å². The molecule has 0 fully saturated rings. The van der Waals surface area contributed by atoms with Crippen LogP contribution in [0, 0.1) is 0 Å². The highest BCUT2D eigenvalue weighted by Gasteiger charge is 2.25. The molecule has 0 spiro atoms. The van der Waals surface area contributed by atoms with Crippen LogP contribution >= 0.6 is 0 Å². The van der Waals surface area contributed by atoms with E-state index in [4.69, 9.17) is 4.55 Å². The Balaban J connectivity index is 0.000000185. The summed E-state index contributed by atoms with van der Waals surface area (Å²) in [6.45, 7) is 3.01. The van der Waals surface area contributed by atoms with E-state index in [1.165, 1.54) is 12.1 Å². The Labute approximate surface area is 141 Å². The van der Waals surface area contributed by atoms with Gasteiger partial charge in [-0.2, -0.15) is 8.42 Å². The maximum absolute atomic E-state index is 11.6. The Morgan fingerprint density at radius 3 is 2.25 bits per heavy atom. The zero-order valence-corrected chi connectivity index (χ0v) is 14.9. The monoisotopic (exact) mass is 373 g/mol. The number of nitrogens with one attached hydrogen (secondary N) is 1. The van der Waals surface area contributed by atoms with Gasteiger partial charge in [-0.25, -0.2) is 13.4 Å². The standard InChI is InChI=1S/C8H13N3O2S.C6H6O3S/c1-3-14(12,13)8-10-6-4-9-5-7(6)11(8)2;7-10(8,9)6-4-2-1-3-5-6/h9H,3-5H2,1-2H3;1-5H,(H,7,8,9). The molecule has 1 aliphatic heterocycles. The molecule has 1 aromatic heterocycles. The largest absolute Gasteiger partial charge is 0.321 e. The van der Waals surface area contributed by atoms with Crippen LogP contribution in [-0.2, 0) is 40.1 Å². The van der Waals surface area contributed by atoms with Gasteiger partial charge in [0.1, 0.15) is 0 Å². The van der Waals surface area contributed by atoms with Gasteiger partial charge in [0, 0.05) is 20.1 Å². The molecule has 2 aromatic rings. The number of sulfone groups is 1. The zero-order valence-electron chi connectivity index (χ0n) is 13.3. The number of benzene rings is 1. The summed E-state index contributed by atoms with van der Waals surface area (Å²) in [4.78, 5) is 4.07. The summed E-state index contributed by atoms with van der Waals surface area (Å²) in [5.74, 6) is 0.101. The molecule has 3 rings (SSSR count). The number of aromatic nitrogens is 2. The molecule has 0 radical (unpaired) electrons. The van der Waals surface area contributed by atoms with Crippen LogP contribution in [0.1, 0.15) is 18.3 Å². The number of imidazole rings is 1. The quantitative estimate of drug-likeness (QED) is 0.762. The van der Waals surface area contributed by atoms with E-state index >= 15 is 0 Å². The molecule has 0 aliphatic carbocycles. The Kier molecular flexibility index (Phi) is 5.43. The highest BCUT2D eigenvalue weighted by atomic mass is 32.2. The van der Waals surface area contributed by atoms with E-state index in [-0.39, 0.29) is 15.8 Å². The van der Waals surface area contributed by atoms with Crippen LogP contribution in [0.15, 0.2) is 40.4 Å². The first-order valence-corrected chi connectivity index (χ1v) is 10.3. The Hall–Kier alpha value is -1.75. The van der Waals surface area contributed by atoms with Crippen molar-refractivity contribution >= 4 is 20.0 Å². The number of hydrogen-bond acceptors (Lipinski definition) is 6. The summed E-state index contributed by atoms with van der Waals surface area (Å²) in [6.07, 6.45) is 0. The van der Waals surface area contributed by atoms with Crippen molar-refractivity contribution in [3.63, 3.8) is 0 Å². The van der Waals surface area contributed by atoms with Crippen LogP contribution in [0.25, 0.3) is 0 Å². The molecule has 10 heteroatoms. The Bertz CT molecular complexity index is 919. The Morgan fingerprint density at radius 1 is 1.17 bits per heavy atom. The van der Waals surface area contributed by atoms with Crippen molar-refractivity contribution < 1.29 is 21.4 Å². The fourth-order valence-electron chi connectivity index (χ4n) is 2.23. The molecular formula is C14H19N3O5S2. The molecule has 0 amide bonds. The number of rotatable bonds is 3. The summed E-state index contributed by atoms with van der Waals surface area (Å²) in [5.41, 5.74) is 1.84. The minimum atomic E-state index is -4.00. The van der Waals surface area contributed by atoms with E-state index in [9.17, 15) is 16.8 Å². The van der Waals surface area contributed by atoms with Gasteiger partial charge < -0.3 is 9.88 Å². The van der Waals surface area contributed by atoms with Crippen molar-refractivity contribution in [2.45, 2.75) is 30.1 Å². The third-order valence-corrected chi connectivity index (χ3v) is 6.09. The number of hydrogen-bond donors (Lipinski definition) is 2. The molecule has 2 heterocycles. The SMILES string of the molecule is CCS(=O)(=O)c1nc2c(n1C)CNC2.O=S(=O)(O)c1ccccc1. The molecule has 0 bridgehead atoms. The summed E-state index contributed by atoms with van der Waals surface area (Å²) >= 11 is 0. The van der Waals surface area contributed by atoms with Gasteiger partial charge in [-0.1, -0.05) is 25.1 Å². The van der Waals surface area contributed by atoms with E-state index < -0.39 is 20.0 Å². The van der Waals surface area contributed by atoms with E-state index in [0.29, 0.717) is 13.1 Å². The fourth-order valence-corrected chi connectivity index (χ4v) is 3.76. The number of fused-ring (bicyclic) bond motifs is 1. The Morgan fingerprint density at radius 2 is 1.79 bits per heavy atom.